The summed E-state index contributed by atoms with van der Waals surface area (Å²) in [6, 6.07) is 19.7. The summed E-state index contributed by atoms with van der Waals surface area (Å²) < 4.78 is 33.6. The van der Waals surface area contributed by atoms with Crippen LogP contribution in [0, 0.1) is 19.8 Å². The predicted molar refractivity (Wildman–Crippen MR) is 152 cm³/mol. The van der Waals surface area contributed by atoms with Crippen LogP contribution in [-0.4, -0.2) is 39.1 Å². The minimum Gasteiger partial charge on any atom is -0.484 e. The van der Waals surface area contributed by atoms with Crippen LogP contribution in [0.2, 0.25) is 0 Å². The van der Waals surface area contributed by atoms with Crippen LogP contribution in [0.5, 0.6) is 5.75 Å². The van der Waals surface area contributed by atoms with Gasteiger partial charge in [-0.15, -0.1) is 0 Å². The van der Waals surface area contributed by atoms with E-state index in [-0.39, 0.29) is 23.3 Å². The SMILES string of the molecule is Cc1ccc(NC(=O)COc2ccc(/C=N\NC(=O)[C@@H](CC(C)C)NS(=O)(=O)c3ccc(C)cc3)cc2)cc1. The second-order valence-corrected chi connectivity index (χ2v) is 11.3. The second kappa shape index (κ2) is 13.7. The fourth-order valence-corrected chi connectivity index (χ4v) is 4.74. The number of benzene rings is 3. The molecule has 3 aromatic rings. The molecule has 39 heavy (non-hydrogen) atoms. The van der Waals surface area contributed by atoms with E-state index < -0.39 is 22.0 Å². The van der Waals surface area contributed by atoms with E-state index in [4.69, 9.17) is 4.74 Å². The number of hydrazone groups is 1. The Hall–Kier alpha value is -4.02. The summed E-state index contributed by atoms with van der Waals surface area (Å²) in [4.78, 5) is 25.0. The van der Waals surface area contributed by atoms with Gasteiger partial charge in [0, 0.05) is 5.69 Å². The van der Waals surface area contributed by atoms with Gasteiger partial charge in [-0.3, -0.25) is 9.59 Å². The third-order valence-electron chi connectivity index (χ3n) is 5.63. The molecule has 9 nitrogen and oxygen atoms in total. The number of hydrogen-bond donors (Lipinski definition) is 3. The molecule has 3 aromatic carbocycles. The number of anilines is 1. The van der Waals surface area contributed by atoms with Crippen LogP contribution in [0.25, 0.3) is 0 Å². The number of amides is 2. The van der Waals surface area contributed by atoms with E-state index in [2.05, 4.69) is 20.6 Å². The standard InChI is InChI=1S/C29H34N4O5S/c1-20(2)17-27(33-39(36,37)26-15-7-22(4)8-16-26)29(35)32-30-18-23-9-13-25(14-10-23)38-19-28(34)31-24-11-5-21(3)6-12-24/h5-16,18,20,27,33H,17,19H2,1-4H3,(H,31,34)(H,32,35)/b30-18-/t27-/m1/s1. The van der Waals surface area contributed by atoms with E-state index >= 15 is 0 Å². The molecule has 3 rings (SSSR count). The van der Waals surface area contributed by atoms with E-state index in [1.54, 1.807) is 36.4 Å². The van der Waals surface area contributed by atoms with Crippen molar-refractivity contribution in [2.75, 3.05) is 11.9 Å². The van der Waals surface area contributed by atoms with Gasteiger partial charge in [-0.05, 0) is 80.3 Å². The lowest BCUT2D eigenvalue weighted by Crippen LogP contribution is -2.46. The van der Waals surface area contributed by atoms with E-state index in [1.807, 2.05) is 52.0 Å². The van der Waals surface area contributed by atoms with Gasteiger partial charge in [-0.2, -0.15) is 9.82 Å². The van der Waals surface area contributed by atoms with Crippen molar-refractivity contribution in [2.24, 2.45) is 11.0 Å². The maximum Gasteiger partial charge on any atom is 0.262 e. The number of carbonyl (C=O) groups excluding carboxylic acids is 2. The number of hydrogen-bond acceptors (Lipinski definition) is 6. The Morgan fingerprint density at radius 3 is 2.08 bits per heavy atom. The number of ether oxygens (including phenoxy) is 1. The molecular weight excluding hydrogens is 516 g/mol. The molecule has 0 radical (unpaired) electrons. The average Bonchev–Trinajstić information content (AvgIpc) is 2.89. The normalized spacial score (nSPS) is 12.3. The molecule has 0 bridgehead atoms. The summed E-state index contributed by atoms with van der Waals surface area (Å²) in [6.45, 7) is 7.49. The van der Waals surface area contributed by atoms with Gasteiger partial charge in [0.15, 0.2) is 6.61 Å². The lowest BCUT2D eigenvalue weighted by Gasteiger charge is -2.19. The number of sulfonamides is 1. The van der Waals surface area contributed by atoms with Crippen molar-refractivity contribution in [3.63, 3.8) is 0 Å². The molecular formula is C29H34N4O5S. The van der Waals surface area contributed by atoms with Crippen molar-refractivity contribution in [2.45, 2.75) is 45.1 Å². The summed E-state index contributed by atoms with van der Waals surface area (Å²) in [5.41, 5.74) is 5.83. The number of carbonyl (C=O) groups is 2. The molecule has 0 saturated heterocycles. The first kappa shape index (κ1) is 29.5. The Balaban J connectivity index is 1.53. The van der Waals surface area contributed by atoms with Gasteiger partial charge in [-0.1, -0.05) is 49.2 Å². The van der Waals surface area contributed by atoms with Crippen molar-refractivity contribution in [3.05, 3.63) is 89.5 Å². The molecule has 0 aliphatic rings. The number of rotatable bonds is 12. The molecule has 0 spiro atoms. The molecule has 0 heterocycles. The summed E-state index contributed by atoms with van der Waals surface area (Å²) in [5, 5.41) is 6.74. The maximum absolute atomic E-state index is 12.8. The monoisotopic (exact) mass is 550 g/mol. The molecule has 0 fully saturated rings. The van der Waals surface area contributed by atoms with Gasteiger partial charge in [0.2, 0.25) is 10.0 Å². The van der Waals surface area contributed by atoms with Crippen molar-refractivity contribution in [3.8, 4) is 5.75 Å². The summed E-state index contributed by atoms with van der Waals surface area (Å²) >= 11 is 0. The Labute approximate surface area is 229 Å². The Morgan fingerprint density at radius 1 is 0.897 bits per heavy atom. The highest BCUT2D eigenvalue weighted by atomic mass is 32.2. The predicted octanol–water partition coefficient (Wildman–Crippen LogP) is 4.16. The molecule has 10 heteroatoms. The smallest absolute Gasteiger partial charge is 0.262 e. The van der Waals surface area contributed by atoms with E-state index in [1.165, 1.54) is 18.3 Å². The van der Waals surface area contributed by atoms with Crippen LogP contribution in [0.1, 0.15) is 37.0 Å². The first-order valence-corrected chi connectivity index (χ1v) is 14.0. The number of nitrogens with zero attached hydrogens (tertiary/aromatic N) is 1. The highest BCUT2D eigenvalue weighted by molar-refractivity contribution is 7.89. The van der Waals surface area contributed by atoms with Gasteiger partial charge < -0.3 is 10.1 Å². The van der Waals surface area contributed by atoms with Gasteiger partial charge in [0.1, 0.15) is 11.8 Å². The van der Waals surface area contributed by atoms with Crippen LogP contribution in [-0.2, 0) is 19.6 Å². The Kier molecular flexibility index (Phi) is 10.4. The van der Waals surface area contributed by atoms with Crippen LogP contribution < -0.4 is 20.2 Å². The first-order chi connectivity index (χ1) is 18.5. The number of nitrogens with one attached hydrogen (secondary N) is 3. The highest BCUT2D eigenvalue weighted by Gasteiger charge is 2.26. The quantitative estimate of drug-likeness (QED) is 0.231. The average molecular weight is 551 g/mol. The topological polar surface area (TPSA) is 126 Å². The maximum atomic E-state index is 12.8. The Bertz CT molecular complexity index is 1390. The van der Waals surface area contributed by atoms with Crippen LogP contribution >= 0.6 is 0 Å². The van der Waals surface area contributed by atoms with Gasteiger partial charge in [0.25, 0.3) is 11.8 Å². The van der Waals surface area contributed by atoms with Crippen molar-refractivity contribution >= 4 is 33.7 Å². The fraction of sp³-hybridized carbons (Fsp3) is 0.276. The minimum absolute atomic E-state index is 0.0666. The van der Waals surface area contributed by atoms with Crippen molar-refractivity contribution < 1.29 is 22.7 Å². The molecule has 206 valence electrons. The lowest BCUT2D eigenvalue weighted by atomic mass is 10.0. The van der Waals surface area contributed by atoms with Crippen LogP contribution in [0.15, 0.2) is 82.8 Å². The lowest BCUT2D eigenvalue weighted by molar-refractivity contribution is -0.123. The molecule has 1 atom stereocenters. The zero-order valence-electron chi connectivity index (χ0n) is 22.5. The minimum atomic E-state index is -3.89. The van der Waals surface area contributed by atoms with Gasteiger partial charge >= 0.3 is 0 Å². The molecule has 0 aliphatic heterocycles. The zero-order chi connectivity index (χ0) is 28.4. The molecule has 0 unspecified atom stereocenters. The first-order valence-electron chi connectivity index (χ1n) is 12.5. The third kappa shape index (κ3) is 9.66. The molecule has 0 saturated carbocycles. The summed E-state index contributed by atoms with van der Waals surface area (Å²) in [6.07, 6.45) is 1.74. The Morgan fingerprint density at radius 2 is 1.49 bits per heavy atom. The largest absolute Gasteiger partial charge is 0.484 e. The van der Waals surface area contributed by atoms with Gasteiger partial charge in [-0.25, -0.2) is 13.8 Å². The van der Waals surface area contributed by atoms with Gasteiger partial charge in [0.05, 0.1) is 11.1 Å². The van der Waals surface area contributed by atoms with Crippen LogP contribution in [0.4, 0.5) is 5.69 Å². The molecule has 3 N–H and O–H groups in total. The van der Waals surface area contributed by atoms with E-state index in [9.17, 15) is 18.0 Å². The molecule has 0 aliphatic carbocycles. The zero-order valence-corrected chi connectivity index (χ0v) is 23.3. The number of aryl methyl sites for hydroxylation is 2. The van der Waals surface area contributed by atoms with Crippen molar-refractivity contribution in [1.82, 2.24) is 10.1 Å². The van der Waals surface area contributed by atoms with E-state index in [0.717, 1.165) is 11.1 Å². The molecule has 2 amide bonds. The summed E-state index contributed by atoms with van der Waals surface area (Å²) in [5.74, 6) is -0.272. The van der Waals surface area contributed by atoms with Crippen molar-refractivity contribution in [1.29, 1.82) is 0 Å². The third-order valence-corrected chi connectivity index (χ3v) is 7.11. The fourth-order valence-electron chi connectivity index (χ4n) is 3.53. The summed E-state index contributed by atoms with van der Waals surface area (Å²) in [7, 11) is -3.89. The highest BCUT2D eigenvalue weighted by Crippen LogP contribution is 2.14. The van der Waals surface area contributed by atoms with E-state index in [0.29, 0.717) is 23.4 Å². The second-order valence-electron chi connectivity index (χ2n) is 9.62. The molecule has 0 aromatic heterocycles. The van der Waals surface area contributed by atoms with Crippen LogP contribution in [0.3, 0.4) is 0 Å².